The van der Waals surface area contributed by atoms with Gasteiger partial charge in [0.05, 0.1) is 0 Å². The van der Waals surface area contributed by atoms with Crippen LogP contribution in [0.3, 0.4) is 0 Å². The molecule has 5 nitrogen and oxygen atoms in total. The molecule has 158 valence electrons. The van der Waals surface area contributed by atoms with Crippen LogP contribution in [-0.2, 0) is 15.0 Å². The highest BCUT2D eigenvalue weighted by Gasteiger charge is 2.65. The number of carboxylic acids is 1. The molecule has 2 heterocycles. The highest BCUT2D eigenvalue weighted by Crippen LogP contribution is 2.56. The second-order valence-electron chi connectivity index (χ2n) is 9.35. The zero-order valence-electron chi connectivity index (χ0n) is 17.0. The van der Waals surface area contributed by atoms with Crippen LogP contribution in [0.4, 0.5) is 5.69 Å². The van der Waals surface area contributed by atoms with Crippen LogP contribution in [0.5, 0.6) is 0 Å². The third-order valence-corrected chi connectivity index (χ3v) is 7.08. The third kappa shape index (κ3) is 3.41. The first-order chi connectivity index (χ1) is 14.0. The van der Waals surface area contributed by atoms with Gasteiger partial charge in [0.15, 0.2) is 0 Å². The van der Waals surface area contributed by atoms with E-state index in [0.29, 0.717) is 6.42 Å². The van der Waals surface area contributed by atoms with E-state index in [-0.39, 0.29) is 17.4 Å². The molecule has 0 radical (unpaired) electrons. The summed E-state index contributed by atoms with van der Waals surface area (Å²) in [4.78, 5) is 26.1. The maximum absolute atomic E-state index is 13.7. The van der Waals surface area contributed by atoms with Gasteiger partial charge in [0.2, 0.25) is 5.91 Å². The van der Waals surface area contributed by atoms with E-state index in [0.717, 1.165) is 25.8 Å². The molecule has 4 rings (SSSR count). The molecule has 0 saturated carbocycles. The van der Waals surface area contributed by atoms with Gasteiger partial charge in [-0.15, -0.1) is 0 Å². The zero-order chi connectivity index (χ0) is 21.8. The Labute approximate surface area is 192 Å². The van der Waals surface area contributed by atoms with E-state index in [1.54, 1.807) is 0 Å². The SMILES string of the molecule is CC(C)(C)C[C@H]1N[C@@H](C(=O)O)[C@H](c2cccc(Br)c2)[C@@]12C(=O)Nc1cc(Br)ccc12. The fourth-order valence-corrected chi connectivity index (χ4v) is 5.89. The predicted octanol–water partition coefficient (Wildman–Crippen LogP) is 5.05. The van der Waals surface area contributed by atoms with Gasteiger partial charge in [-0.3, -0.25) is 14.9 Å². The van der Waals surface area contributed by atoms with E-state index in [2.05, 4.69) is 63.3 Å². The molecule has 0 aromatic heterocycles. The molecule has 0 aliphatic carbocycles. The van der Waals surface area contributed by atoms with Crippen LogP contribution < -0.4 is 10.6 Å². The first-order valence-corrected chi connectivity index (χ1v) is 11.5. The first kappa shape index (κ1) is 21.5. The van der Waals surface area contributed by atoms with Gasteiger partial charge in [-0.25, -0.2) is 0 Å². The predicted molar refractivity (Wildman–Crippen MR) is 124 cm³/mol. The average Bonchev–Trinajstić information content (AvgIpc) is 3.10. The molecular formula is C23H24Br2N2O3. The van der Waals surface area contributed by atoms with Crippen molar-refractivity contribution in [2.24, 2.45) is 5.41 Å². The number of hydrogen-bond acceptors (Lipinski definition) is 3. The van der Waals surface area contributed by atoms with Gasteiger partial charge < -0.3 is 10.4 Å². The molecule has 1 spiro atoms. The van der Waals surface area contributed by atoms with Gasteiger partial charge >= 0.3 is 5.97 Å². The lowest BCUT2D eigenvalue weighted by molar-refractivity contribution is -0.139. The van der Waals surface area contributed by atoms with Gasteiger partial charge in [-0.2, -0.15) is 0 Å². The topological polar surface area (TPSA) is 78.4 Å². The molecular weight excluding hydrogens is 512 g/mol. The van der Waals surface area contributed by atoms with Crippen molar-refractivity contribution in [3.8, 4) is 0 Å². The maximum atomic E-state index is 13.7. The Kier molecular flexibility index (Phi) is 5.36. The van der Waals surface area contributed by atoms with Crippen LogP contribution in [0.2, 0.25) is 0 Å². The normalized spacial score (nSPS) is 27.9. The van der Waals surface area contributed by atoms with Crippen molar-refractivity contribution in [1.82, 2.24) is 5.32 Å². The number of aliphatic carboxylic acids is 1. The van der Waals surface area contributed by atoms with Gasteiger partial charge in [0, 0.05) is 26.6 Å². The van der Waals surface area contributed by atoms with Crippen molar-refractivity contribution in [3.63, 3.8) is 0 Å². The van der Waals surface area contributed by atoms with Gasteiger partial charge in [-0.1, -0.05) is 70.8 Å². The molecule has 3 N–H and O–H groups in total. The Morgan fingerprint density at radius 1 is 1.13 bits per heavy atom. The number of hydrogen-bond donors (Lipinski definition) is 3. The Morgan fingerprint density at radius 3 is 2.47 bits per heavy atom. The summed E-state index contributed by atoms with van der Waals surface area (Å²) in [6.45, 7) is 6.33. The summed E-state index contributed by atoms with van der Waals surface area (Å²) in [5.41, 5.74) is 1.30. The standard InChI is InChI=1S/C23H24Br2N2O3/c1-22(2,3)11-17-23(15-8-7-14(25)10-16(15)26-21(23)30)18(19(27-17)20(28)29)12-5-4-6-13(24)9-12/h4-10,17-19,27H,11H2,1-3H3,(H,26,30)(H,28,29)/t17-,18+,19-,23+/m1/s1. The summed E-state index contributed by atoms with van der Waals surface area (Å²) in [5.74, 6) is -1.65. The van der Waals surface area contributed by atoms with Crippen molar-refractivity contribution < 1.29 is 14.7 Å². The summed E-state index contributed by atoms with van der Waals surface area (Å²) < 4.78 is 1.72. The van der Waals surface area contributed by atoms with Crippen molar-refractivity contribution in [2.45, 2.75) is 50.6 Å². The number of carbonyl (C=O) groups is 2. The molecule has 2 aliphatic rings. The highest BCUT2D eigenvalue weighted by atomic mass is 79.9. The van der Waals surface area contributed by atoms with E-state index < -0.39 is 23.3 Å². The lowest BCUT2D eigenvalue weighted by atomic mass is 9.62. The summed E-state index contributed by atoms with van der Waals surface area (Å²) in [7, 11) is 0. The fourth-order valence-electron chi connectivity index (χ4n) is 5.11. The van der Waals surface area contributed by atoms with Crippen LogP contribution in [0.1, 0.15) is 44.2 Å². The molecule has 1 amide bonds. The molecule has 30 heavy (non-hydrogen) atoms. The number of nitrogens with one attached hydrogen (secondary N) is 2. The Morgan fingerprint density at radius 2 is 1.83 bits per heavy atom. The van der Waals surface area contributed by atoms with Gasteiger partial charge in [-0.05, 0) is 47.2 Å². The quantitative estimate of drug-likeness (QED) is 0.514. The monoisotopic (exact) mass is 534 g/mol. The van der Waals surface area contributed by atoms with E-state index in [4.69, 9.17) is 0 Å². The average molecular weight is 536 g/mol. The molecule has 0 unspecified atom stereocenters. The van der Waals surface area contributed by atoms with E-state index >= 15 is 0 Å². The highest BCUT2D eigenvalue weighted by molar-refractivity contribution is 9.10. The van der Waals surface area contributed by atoms with Crippen molar-refractivity contribution >= 4 is 49.4 Å². The Bertz CT molecular complexity index is 1030. The van der Waals surface area contributed by atoms with Gasteiger partial charge in [0.1, 0.15) is 11.5 Å². The number of rotatable bonds is 3. The lowest BCUT2D eigenvalue weighted by Gasteiger charge is -2.37. The number of carboxylic acid groups (broad SMARTS) is 1. The van der Waals surface area contributed by atoms with E-state index in [9.17, 15) is 14.7 Å². The molecule has 4 atom stereocenters. The van der Waals surface area contributed by atoms with Crippen molar-refractivity contribution in [2.75, 3.05) is 5.32 Å². The molecule has 7 heteroatoms. The molecule has 2 aliphatic heterocycles. The Balaban J connectivity index is 2.00. The van der Waals surface area contributed by atoms with E-state index in [1.165, 1.54) is 0 Å². The number of amides is 1. The number of benzene rings is 2. The molecule has 2 aromatic carbocycles. The summed E-state index contributed by atoms with van der Waals surface area (Å²) in [6, 6.07) is 12.2. The van der Waals surface area contributed by atoms with Crippen LogP contribution in [0, 0.1) is 5.41 Å². The fraction of sp³-hybridized carbons (Fsp3) is 0.391. The minimum absolute atomic E-state index is 0.0989. The smallest absolute Gasteiger partial charge is 0.321 e. The number of carbonyl (C=O) groups excluding carboxylic acids is 1. The van der Waals surface area contributed by atoms with Crippen LogP contribution >= 0.6 is 31.9 Å². The minimum atomic E-state index is -1.02. The molecule has 1 fully saturated rings. The summed E-state index contributed by atoms with van der Waals surface area (Å²) in [5, 5.41) is 16.5. The second-order valence-corrected chi connectivity index (χ2v) is 11.2. The van der Waals surface area contributed by atoms with Crippen LogP contribution in [-0.4, -0.2) is 29.1 Å². The summed E-state index contributed by atoms with van der Waals surface area (Å²) >= 11 is 6.99. The Hall–Kier alpha value is -1.70. The van der Waals surface area contributed by atoms with Crippen molar-refractivity contribution in [1.29, 1.82) is 0 Å². The second kappa shape index (κ2) is 7.46. The maximum Gasteiger partial charge on any atom is 0.321 e. The van der Waals surface area contributed by atoms with Crippen LogP contribution in [0.25, 0.3) is 0 Å². The van der Waals surface area contributed by atoms with Crippen molar-refractivity contribution in [3.05, 3.63) is 62.5 Å². The zero-order valence-corrected chi connectivity index (χ0v) is 20.2. The number of fused-ring (bicyclic) bond motifs is 2. The van der Waals surface area contributed by atoms with Crippen LogP contribution in [0.15, 0.2) is 51.4 Å². The van der Waals surface area contributed by atoms with E-state index in [1.807, 2.05) is 42.5 Å². The van der Waals surface area contributed by atoms with Gasteiger partial charge in [0.25, 0.3) is 0 Å². The largest absolute Gasteiger partial charge is 0.480 e. The first-order valence-electron chi connectivity index (χ1n) is 9.90. The number of anilines is 1. The number of halogens is 2. The molecule has 1 saturated heterocycles. The molecule has 0 bridgehead atoms. The lowest BCUT2D eigenvalue weighted by Crippen LogP contribution is -2.49. The summed E-state index contributed by atoms with van der Waals surface area (Å²) in [6.07, 6.45) is 0.657. The minimum Gasteiger partial charge on any atom is -0.480 e. The third-order valence-electron chi connectivity index (χ3n) is 6.10. The molecule has 2 aromatic rings.